The van der Waals surface area contributed by atoms with Crippen molar-refractivity contribution in [1.29, 1.82) is 0 Å². The molecule has 7 nitrogen and oxygen atoms in total. The maximum absolute atomic E-state index is 13.6. The zero-order valence-electron chi connectivity index (χ0n) is 20.7. The summed E-state index contributed by atoms with van der Waals surface area (Å²) in [5, 5.41) is 0. The molecule has 0 radical (unpaired) electrons. The Morgan fingerprint density at radius 3 is 2.56 bits per heavy atom. The molecule has 2 heterocycles. The van der Waals surface area contributed by atoms with Gasteiger partial charge in [0, 0.05) is 38.6 Å². The predicted molar refractivity (Wildman–Crippen MR) is 127 cm³/mol. The standard InChI is InChI=1S/C26H38FN3O4/c1-26(2,3)34-25(32)30-17-22(33-18-19-7-4-8-20(27)15-19)16-23(30)24(31)29-12-6-11-28(13-14-29)21-9-5-10-21/h4,7-8,15,21-23H,5-6,9-14,16-18H2,1-3H3/t22-,23+/m0/s1. The van der Waals surface area contributed by atoms with E-state index >= 15 is 0 Å². The largest absolute Gasteiger partial charge is 0.444 e. The van der Waals surface area contributed by atoms with Crippen LogP contribution < -0.4 is 0 Å². The number of benzene rings is 1. The summed E-state index contributed by atoms with van der Waals surface area (Å²) in [7, 11) is 0. The van der Waals surface area contributed by atoms with Crippen molar-refractivity contribution in [3.8, 4) is 0 Å². The number of halogens is 1. The van der Waals surface area contributed by atoms with E-state index < -0.39 is 17.7 Å². The lowest BCUT2D eigenvalue weighted by atomic mass is 9.91. The molecule has 0 N–H and O–H groups in total. The number of amides is 2. The highest BCUT2D eigenvalue weighted by Crippen LogP contribution is 2.28. The summed E-state index contributed by atoms with van der Waals surface area (Å²) in [6, 6.07) is 6.34. The first-order chi connectivity index (χ1) is 16.2. The Balaban J connectivity index is 1.42. The number of hydrogen-bond donors (Lipinski definition) is 0. The molecule has 2 amide bonds. The van der Waals surface area contributed by atoms with Gasteiger partial charge in [-0.25, -0.2) is 9.18 Å². The van der Waals surface area contributed by atoms with E-state index in [1.807, 2.05) is 25.7 Å². The zero-order chi connectivity index (χ0) is 24.3. The van der Waals surface area contributed by atoms with Crippen LogP contribution in [0.15, 0.2) is 24.3 Å². The van der Waals surface area contributed by atoms with E-state index in [0.717, 1.165) is 25.1 Å². The zero-order valence-corrected chi connectivity index (χ0v) is 20.7. The second-order valence-corrected chi connectivity index (χ2v) is 10.7. The van der Waals surface area contributed by atoms with Gasteiger partial charge < -0.3 is 14.4 Å². The van der Waals surface area contributed by atoms with Gasteiger partial charge in [-0.2, -0.15) is 0 Å². The molecule has 4 rings (SSSR count). The minimum absolute atomic E-state index is 0.0295. The molecule has 2 aliphatic heterocycles. The predicted octanol–water partition coefficient (Wildman–Crippen LogP) is 3.81. The van der Waals surface area contributed by atoms with Crippen LogP contribution in [0, 0.1) is 5.82 Å². The molecule has 3 fully saturated rings. The summed E-state index contributed by atoms with van der Waals surface area (Å²) >= 11 is 0. The molecule has 1 saturated carbocycles. The molecular formula is C26H38FN3O4. The van der Waals surface area contributed by atoms with Crippen LogP contribution in [0.4, 0.5) is 9.18 Å². The fraction of sp³-hybridized carbons (Fsp3) is 0.692. The highest BCUT2D eigenvalue weighted by atomic mass is 19.1. The summed E-state index contributed by atoms with van der Waals surface area (Å²) in [6.45, 7) is 9.26. The topological polar surface area (TPSA) is 62.3 Å². The number of hydrogen-bond acceptors (Lipinski definition) is 5. The van der Waals surface area contributed by atoms with E-state index in [0.29, 0.717) is 25.6 Å². The average Bonchev–Trinajstić information content (AvgIpc) is 3.02. The average molecular weight is 476 g/mol. The first-order valence-corrected chi connectivity index (χ1v) is 12.6. The van der Waals surface area contributed by atoms with Crippen molar-refractivity contribution in [1.82, 2.24) is 14.7 Å². The van der Waals surface area contributed by atoms with Crippen LogP contribution in [0.25, 0.3) is 0 Å². The highest BCUT2D eigenvalue weighted by Gasteiger charge is 2.44. The maximum Gasteiger partial charge on any atom is 0.411 e. The SMILES string of the molecule is CC(C)(C)OC(=O)N1C[C@@H](OCc2cccc(F)c2)C[C@@H]1C(=O)N1CCCN(C2CCC2)CC1. The molecule has 0 bridgehead atoms. The Kier molecular flexibility index (Phi) is 7.77. The number of ether oxygens (including phenoxy) is 2. The quantitative estimate of drug-likeness (QED) is 0.648. The molecule has 3 aliphatic rings. The number of rotatable bonds is 5. The van der Waals surface area contributed by atoms with Crippen molar-refractivity contribution < 1.29 is 23.5 Å². The van der Waals surface area contributed by atoms with Crippen LogP contribution in [0.5, 0.6) is 0 Å². The van der Waals surface area contributed by atoms with E-state index in [9.17, 15) is 14.0 Å². The Morgan fingerprint density at radius 2 is 1.88 bits per heavy atom. The van der Waals surface area contributed by atoms with Crippen molar-refractivity contribution in [3.63, 3.8) is 0 Å². The fourth-order valence-corrected chi connectivity index (χ4v) is 5.00. The van der Waals surface area contributed by atoms with Crippen LogP contribution in [0.1, 0.15) is 58.4 Å². The molecular weight excluding hydrogens is 437 g/mol. The molecule has 1 aliphatic carbocycles. The summed E-state index contributed by atoms with van der Waals surface area (Å²) in [6.07, 6.45) is 4.36. The van der Waals surface area contributed by atoms with Gasteiger partial charge in [0.1, 0.15) is 17.5 Å². The Labute approximate surface area is 202 Å². The monoisotopic (exact) mass is 475 g/mol. The van der Waals surface area contributed by atoms with Crippen molar-refractivity contribution in [3.05, 3.63) is 35.6 Å². The Bertz CT molecular complexity index is 870. The van der Waals surface area contributed by atoms with Crippen molar-refractivity contribution in [2.45, 2.75) is 83.3 Å². The molecule has 8 heteroatoms. The lowest BCUT2D eigenvalue weighted by Crippen LogP contribution is -2.50. The van der Waals surface area contributed by atoms with Crippen molar-refractivity contribution >= 4 is 12.0 Å². The molecule has 2 atom stereocenters. The summed E-state index contributed by atoms with van der Waals surface area (Å²) < 4.78 is 25.2. The van der Waals surface area contributed by atoms with Crippen LogP contribution in [0.2, 0.25) is 0 Å². The molecule has 34 heavy (non-hydrogen) atoms. The third-order valence-corrected chi connectivity index (χ3v) is 6.98. The molecule has 0 unspecified atom stereocenters. The van der Waals surface area contributed by atoms with Crippen LogP contribution in [0.3, 0.4) is 0 Å². The van der Waals surface area contributed by atoms with Gasteiger partial charge in [-0.1, -0.05) is 18.6 Å². The second kappa shape index (κ2) is 10.6. The van der Waals surface area contributed by atoms with Gasteiger partial charge in [0.15, 0.2) is 0 Å². The summed E-state index contributed by atoms with van der Waals surface area (Å²) in [5.41, 5.74) is 0.0686. The first-order valence-electron chi connectivity index (χ1n) is 12.6. The first kappa shape index (κ1) is 24.9. The minimum atomic E-state index is -0.656. The lowest BCUT2D eigenvalue weighted by Gasteiger charge is -2.37. The third-order valence-electron chi connectivity index (χ3n) is 6.98. The van der Waals surface area contributed by atoms with Crippen LogP contribution in [-0.4, -0.2) is 83.2 Å². The third kappa shape index (κ3) is 6.27. The Morgan fingerprint density at radius 1 is 1.09 bits per heavy atom. The number of nitrogens with zero attached hydrogens (tertiary/aromatic N) is 3. The van der Waals surface area contributed by atoms with E-state index in [1.165, 1.54) is 36.3 Å². The van der Waals surface area contributed by atoms with Gasteiger partial charge in [-0.05, 0) is 57.7 Å². The van der Waals surface area contributed by atoms with E-state index in [2.05, 4.69) is 4.90 Å². The lowest BCUT2D eigenvalue weighted by molar-refractivity contribution is -0.135. The molecule has 0 spiro atoms. The minimum Gasteiger partial charge on any atom is -0.444 e. The normalized spacial score (nSPS) is 24.6. The fourth-order valence-electron chi connectivity index (χ4n) is 5.00. The molecule has 1 aromatic rings. The number of carbonyl (C=O) groups excluding carboxylic acids is 2. The smallest absolute Gasteiger partial charge is 0.411 e. The summed E-state index contributed by atoms with van der Waals surface area (Å²) in [5.74, 6) is -0.341. The number of likely N-dealkylation sites (tertiary alicyclic amines) is 1. The van der Waals surface area contributed by atoms with Gasteiger partial charge in [-0.3, -0.25) is 14.6 Å². The molecule has 2 saturated heterocycles. The van der Waals surface area contributed by atoms with Crippen LogP contribution in [-0.2, 0) is 20.9 Å². The summed E-state index contributed by atoms with van der Waals surface area (Å²) in [4.78, 5) is 32.6. The van der Waals surface area contributed by atoms with Gasteiger partial charge in [-0.15, -0.1) is 0 Å². The van der Waals surface area contributed by atoms with Gasteiger partial charge in [0.2, 0.25) is 5.91 Å². The van der Waals surface area contributed by atoms with Crippen molar-refractivity contribution in [2.75, 3.05) is 32.7 Å². The van der Waals surface area contributed by atoms with Crippen molar-refractivity contribution in [2.24, 2.45) is 0 Å². The Hall–Kier alpha value is -2.19. The van der Waals surface area contributed by atoms with Gasteiger partial charge in [0.05, 0.1) is 19.3 Å². The van der Waals surface area contributed by atoms with Crippen LogP contribution >= 0.6 is 0 Å². The van der Waals surface area contributed by atoms with Gasteiger partial charge in [0.25, 0.3) is 0 Å². The molecule has 0 aromatic heterocycles. The van der Waals surface area contributed by atoms with Gasteiger partial charge >= 0.3 is 6.09 Å². The second-order valence-electron chi connectivity index (χ2n) is 10.7. The molecule has 1 aromatic carbocycles. The van der Waals surface area contributed by atoms with E-state index in [1.54, 1.807) is 12.1 Å². The molecule has 188 valence electrons. The number of carbonyl (C=O) groups is 2. The van der Waals surface area contributed by atoms with E-state index in [4.69, 9.17) is 9.47 Å². The van der Waals surface area contributed by atoms with E-state index in [-0.39, 0.29) is 31.0 Å². The highest BCUT2D eigenvalue weighted by molar-refractivity contribution is 5.86. The maximum atomic E-state index is 13.6.